The summed E-state index contributed by atoms with van der Waals surface area (Å²) in [5.41, 5.74) is 6.98. The number of carbonyl (C=O) groups excluding carboxylic acids is 6. The highest BCUT2D eigenvalue weighted by Crippen LogP contribution is 2.36. The van der Waals surface area contributed by atoms with Gasteiger partial charge in [0.2, 0.25) is 0 Å². The van der Waals surface area contributed by atoms with E-state index in [1.165, 1.54) is 40.6 Å². The van der Waals surface area contributed by atoms with Crippen molar-refractivity contribution in [2.45, 2.75) is 33.0 Å². The van der Waals surface area contributed by atoms with E-state index in [0.717, 1.165) is 33.8 Å². The van der Waals surface area contributed by atoms with E-state index in [4.69, 9.17) is 28.8 Å². The molecule has 0 spiro atoms. The highest BCUT2D eigenvalue weighted by Gasteiger charge is 2.23. The molecule has 0 saturated carbocycles. The monoisotopic (exact) mass is 1200 g/mol. The van der Waals surface area contributed by atoms with E-state index < -0.39 is 24.0 Å². The Kier molecular flexibility index (Phi) is 26.4. The number of aliphatic hydroxyl groups excluding tert-OH is 1. The minimum atomic E-state index is -0.811. The van der Waals surface area contributed by atoms with Gasteiger partial charge in [0.1, 0.15) is 36.6 Å². The summed E-state index contributed by atoms with van der Waals surface area (Å²) in [5, 5.41) is 19.3. The normalized spacial score (nSPS) is 11.8. The van der Waals surface area contributed by atoms with Crippen LogP contribution in [0.25, 0.3) is 0 Å². The largest absolute Gasteiger partial charge is 0.508 e. The number of hydrogen-bond acceptors (Lipinski definition) is 16. The number of hydrogen-bond donors (Lipinski definition) is 2. The molecule has 1 aliphatic rings. The lowest BCUT2D eigenvalue weighted by atomic mass is 10.1. The standard InChI is InChI=1S/C17H18O4.C17H16O4.C16H14O4.C10H9BrO3.C7H8O/c2*1-12-6-3-4-9-16(12)21-11-15(18)13-7-5-8-14(10-13)17(19)20-2;1-18-16(17)12-6-4-5-11(9-12)15-10-19-13-7-2-3-8-14(13)20-15;1-14-10(13)8-4-2-3-7(5-8)9(12)6-11;1-6-4-2-3-5-7(6)8/h3-10,15,18H,11H2,1-2H3;3-10H,11H2,1-2H3;2-9,15H,10H2,1H3;2-5H,6H2,1H3;2-5,8H,1H3. The Hall–Kier alpha value is -9.58. The quantitative estimate of drug-likeness (QED) is 0.0422. The van der Waals surface area contributed by atoms with Crippen molar-refractivity contribution in [3.05, 3.63) is 255 Å². The maximum atomic E-state index is 12.1. The number of benzene rings is 8. The molecule has 0 fully saturated rings. The lowest BCUT2D eigenvalue weighted by molar-refractivity contribution is 0.0590. The van der Waals surface area contributed by atoms with Crippen molar-refractivity contribution < 1.29 is 76.9 Å². The highest BCUT2D eigenvalue weighted by atomic mass is 79.9. The fourth-order valence-electron chi connectivity index (χ4n) is 7.60. The summed E-state index contributed by atoms with van der Waals surface area (Å²) in [5.74, 6) is 1.30. The van der Waals surface area contributed by atoms with Crippen molar-refractivity contribution >= 4 is 51.4 Å². The summed E-state index contributed by atoms with van der Waals surface area (Å²) in [6.07, 6.45) is -1.04. The number of Topliss-reactive ketones (excluding diaryl/α,β-unsaturated/α-hetero) is 2. The van der Waals surface area contributed by atoms with Gasteiger partial charge < -0.3 is 48.1 Å². The Morgan fingerprint density at radius 1 is 0.488 bits per heavy atom. The maximum absolute atomic E-state index is 12.1. The number of ketones is 2. The number of rotatable bonds is 15. The second-order valence-electron chi connectivity index (χ2n) is 18.2. The number of halogens is 1. The van der Waals surface area contributed by atoms with Crippen LogP contribution in [-0.2, 0) is 18.9 Å². The summed E-state index contributed by atoms with van der Waals surface area (Å²) in [6.45, 7) is 6.19. The molecular formula is C67H65BrO16. The molecule has 0 radical (unpaired) electrons. The Labute approximate surface area is 496 Å². The van der Waals surface area contributed by atoms with Crippen molar-refractivity contribution in [2.24, 2.45) is 0 Å². The van der Waals surface area contributed by atoms with Gasteiger partial charge in [-0.15, -0.1) is 0 Å². The van der Waals surface area contributed by atoms with Gasteiger partial charge in [0, 0.05) is 11.1 Å². The lowest BCUT2D eigenvalue weighted by Gasteiger charge is -2.26. The van der Waals surface area contributed by atoms with Gasteiger partial charge in [0.25, 0.3) is 0 Å². The second-order valence-corrected chi connectivity index (χ2v) is 18.7. The van der Waals surface area contributed by atoms with Gasteiger partial charge in [-0.25, -0.2) is 19.2 Å². The smallest absolute Gasteiger partial charge is 0.337 e. The summed E-state index contributed by atoms with van der Waals surface area (Å²) in [4.78, 5) is 69.0. The molecule has 2 N–H and O–H groups in total. The molecule has 1 aliphatic heterocycles. The van der Waals surface area contributed by atoms with Gasteiger partial charge in [-0.05, 0) is 127 Å². The number of methoxy groups -OCH3 is 4. The molecule has 17 heteroatoms. The van der Waals surface area contributed by atoms with Crippen LogP contribution in [0.3, 0.4) is 0 Å². The fourth-order valence-corrected chi connectivity index (χ4v) is 7.93. The molecule has 0 bridgehead atoms. The number of fused-ring (bicyclic) bond motifs is 1. The number of ether oxygens (including phenoxy) is 8. The van der Waals surface area contributed by atoms with Gasteiger partial charge in [-0.3, -0.25) is 9.59 Å². The molecule has 2 unspecified atom stereocenters. The highest BCUT2D eigenvalue weighted by molar-refractivity contribution is 9.09. The SMILES string of the molecule is COC(=O)c1cccc(C(=O)CBr)c1.COC(=O)c1cccc(C(=O)COc2ccccc2C)c1.COC(=O)c1cccc(C(O)COc2ccccc2C)c1.COC(=O)c1cccc(C2COc3ccccc3O2)c1.Cc1ccccc1O. The number of aromatic hydroxyl groups is 1. The molecule has 8 aromatic carbocycles. The van der Waals surface area contributed by atoms with Crippen LogP contribution in [0.1, 0.15) is 102 Å². The Morgan fingerprint density at radius 2 is 0.917 bits per heavy atom. The third kappa shape index (κ3) is 20.1. The van der Waals surface area contributed by atoms with Crippen LogP contribution < -0.4 is 18.9 Å². The molecule has 0 amide bonds. The third-order valence-electron chi connectivity index (χ3n) is 12.3. The Bertz CT molecular complexity index is 3430. The summed E-state index contributed by atoms with van der Waals surface area (Å²) in [7, 11) is 5.30. The minimum Gasteiger partial charge on any atom is -0.508 e. The van der Waals surface area contributed by atoms with Gasteiger partial charge in [-0.1, -0.05) is 131 Å². The molecule has 8 aromatic rings. The van der Waals surface area contributed by atoms with Crippen LogP contribution in [-0.4, -0.2) is 99.2 Å². The third-order valence-corrected chi connectivity index (χ3v) is 12.8. The maximum Gasteiger partial charge on any atom is 0.337 e. The first kappa shape index (κ1) is 65.2. The predicted molar refractivity (Wildman–Crippen MR) is 320 cm³/mol. The van der Waals surface area contributed by atoms with Crippen molar-refractivity contribution in [3.63, 3.8) is 0 Å². The van der Waals surface area contributed by atoms with Crippen molar-refractivity contribution in [1.29, 1.82) is 0 Å². The van der Waals surface area contributed by atoms with Crippen LogP contribution in [0.15, 0.2) is 194 Å². The summed E-state index contributed by atoms with van der Waals surface area (Å²) >= 11 is 3.06. The zero-order valence-electron chi connectivity index (χ0n) is 47.4. The number of carbonyl (C=O) groups is 6. The van der Waals surface area contributed by atoms with Crippen LogP contribution in [0.2, 0.25) is 0 Å². The van der Waals surface area contributed by atoms with Crippen molar-refractivity contribution in [2.75, 3.05) is 53.6 Å². The van der Waals surface area contributed by atoms with Crippen LogP contribution in [0.5, 0.6) is 28.7 Å². The van der Waals surface area contributed by atoms with Gasteiger partial charge in [0.15, 0.2) is 35.8 Å². The number of aryl methyl sites for hydroxylation is 3. The number of esters is 4. The van der Waals surface area contributed by atoms with Gasteiger partial charge in [-0.2, -0.15) is 0 Å². The predicted octanol–water partition coefficient (Wildman–Crippen LogP) is 12.7. The van der Waals surface area contributed by atoms with E-state index in [1.54, 1.807) is 78.9 Å². The molecule has 0 saturated heterocycles. The number of phenols is 1. The molecule has 0 aromatic heterocycles. The molecule has 84 heavy (non-hydrogen) atoms. The Balaban J connectivity index is 0.000000198. The second kappa shape index (κ2) is 34.0. The molecule has 0 aliphatic carbocycles. The number of aliphatic hydroxyl groups is 1. The number of alkyl halides is 1. The van der Waals surface area contributed by atoms with Crippen molar-refractivity contribution in [1.82, 2.24) is 0 Å². The average molecular weight is 1210 g/mol. The molecule has 1 heterocycles. The van der Waals surface area contributed by atoms with E-state index in [0.29, 0.717) is 62.8 Å². The zero-order chi connectivity index (χ0) is 61.0. The minimum absolute atomic E-state index is 0.0595. The molecule has 16 nitrogen and oxygen atoms in total. The van der Waals surface area contributed by atoms with Gasteiger partial charge >= 0.3 is 23.9 Å². The van der Waals surface area contributed by atoms with E-state index in [9.17, 15) is 33.9 Å². The van der Waals surface area contributed by atoms with Crippen molar-refractivity contribution in [3.8, 4) is 28.7 Å². The first-order chi connectivity index (χ1) is 40.5. The molecule has 2 atom stereocenters. The first-order valence-electron chi connectivity index (χ1n) is 26.0. The van der Waals surface area contributed by atoms with Crippen LogP contribution >= 0.6 is 15.9 Å². The van der Waals surface area contributed by atoms with E-state index in [-0.39, 0.29) is 42.2 Å². The van der Waals surface area contributed by atoms with E-state index in [2.05, 4.69) is 30.1 Å². The van der Waals surface area contributed by atoms with Crippen LogP contribution in [0, 0.1) is 20.8 Å². The number of para-hydroxylation sites is 5. The lowest BCUT2D eigenvalue weighted by Crippen LogP contribution is -2.21. The van der Waals surface area contributed by atoms with Gasteiger partial charge in [0.05, 0.1) is 56.0 Å². The van der Waals surface area contributed by atoms with E-state index >= 15 is 0 Å². The topological polar surface area (TPSA) is 217 Å². The van der Waals surface area contributed by atoms with E-state index in [1.807, 2.05) is 124 Å². The summed E-state index contributed by atoms with van der Waals surface area (Å²) < 4.78 is 41.3. The summed E-state index contributed by atoms with van der Waals surface area (Å²) in [6, 6.07) is 56.7. The molecule has 436 valence electrons. The molecular weight excluding hydrogens is 1140 g/mol. The Morgan fingerprint density at radius 3 is 1.42 bits per heavy atom. The average Bonchev–Trinajstić information content (AvgIpc) is 3.70. The van der Waals surface area contributed by atoms with Crippen LogP contribution in [0.4, 0.5) is 0 Å². The fraction of sp³-hybridized carbons (Fsp3) is 0.194. The molecule has 9 rings (SSSR count). The first-order valence-corrected chi connectivity index (χ1v) is 27.2. The zero-order valence-corrected chi connectivity index (χ0v) is 49.0. The number of phenolic OH excluding ortho intramolecular Hbond substituents is 1.